The van der Waals surface area contributed by atoms with Crippen LogP contribution in [0.5, 0.6) is 5.75 Å². The third-order valence-corrected chi connectivity index (χ3v) is 3.65. The van der Waals surface area contributed by atoms with Crippen LogP contribution in [0.2, 0.25) is 0 Å². The topological polar surface area (TPSA) is 55.8 Å². The lowest BCUT2D eigenvalue weighted by Gasteiger charge is -2.29. The molecule has 0 saturated heterocycles. The van der Waals surface area contributed by atoms with E-state index in [-0.39, 0.29) is 6.61 Å². The number of aliphatic hydroxyl groups excluding tert-OH is 1. The van der Waals surface area contributed by atoms with Gasteiger partial charge < -0.3 is 14.6 Å². The Morgan fingerprint density at radius 2 is 1.86 bits per heavy atom. The van der Waals surface area contributed by atoms with Gasteiger partial charge in [-0.1, -0.05) is 48.5 Å². The van der Waals surface area contributed by atoms with Crippen molar-refractivity contribution in [1.82, 2.24) is 0 Å². The second kappa shape index (κ2) is 5.22. The van der Waals surface area contributed by atoms with Gasteiger partial charge in [-0.05, 0) is 13.0 Å². The Kier molecular flexibility index (Phi) is 3.39. The highest BCUT2D eigenvalue weighted by atomic mass is 16.6. The molecule has 0 fully saturated rings. The van der Waals surface area contributed by atoms with Crippen LogP contribution >= 0.6 is 0 Å². The van der Waals surface area contributed by atoms with Crippen LogP contribution in [0.4, 0.5) is 0 Å². The Hall–Kier alpha value is -2.33. The molecule has 0 aliphatic carbocycles. The van der Waals surface area contributed by atoms with Crippen LogP contribution < -0.4 is 4.74 Å². The minimum absolute atomic E-state index is 0.222. The van der Waals surface area contributed by atoms with Crippen molar-refractivity contribution in [2.24, 2.45) is 0 Å². The zero-order valence-corrected chi connectivity index (χ0v) is 11.7. The summed E-state index contributed by atoms with van der Waals surface area (Å²) in [5, 5.41) is 10.7. The molecule has 21 heavy (non-hydrogen) atoms. The van der Waals surface area contributed by atoms with Gasteiger partial charge in [0.1, 0.15) is 11.9 Å². The van der Waals surface area contributed by atoms with E-state index in [0.29, 0.717) is 16.9 Å². The monoisotopic (exact) mass is 284 g/mol. The molecular formula is C17H16O4. The third-order valence-electron chi connectivity index (χ3n) is 3.65. The molecule has 1 heterocycles. The van der Waals surface area contributed by atoms with Gasteiger partial charge in [-0.2, -0.15) is 0 Å². The number of esters is 1. The van der Waals surface area contributed by atoms with Gasteiger partial charge in [0.05, 0.1) is 6.61 Å². The maximum atomic E-state index is 12.5. The van der Waals surface area contributed by atoms with Crippen molar-refractivity contribution in [3.63, 3.8) is 0 Å². The number of fused-ring (bicyclic) bond motifs is 1. The van der Waals surface area contributed by atoms with E-state index in [1.54, 1.807) is 55.5 Å². The first-order valence-corrected chi connectivity index (χ1v) is 6.89. The van der Waals surface area contributed by atoms with Gasteiger partial charge in [0.2, 0.25) is 0 Å². The number of ether oxygens (including phenoxy) is 2. The van der Waals surface area contributed by atoms with E-state index in [1.165, 1.54) is 0 Å². The summed E-state index contributed by atoms with van der Waals surface area (Å²) in [6, 6.07) is 16.1. The van der Waals surface area contributed by atoms with Crippen molar-refractivity contribution in [2.75, 3.05) is 6.61 Å². The van der Waals surface area contributed by atoms with Gasteiger partial charge in [-0.15, -0.1) is 0 Å². The standard InChI is InChI=1S/C17H16O4/c1-2-20-16(19)17(12-8-4-3-5-9-12)15(18)13-10-6-7-11-14(13)21-17/h3-11,15,18H,2H2,1H3. The van der Waals surface area contributed by atoms with Gasteiger partial charge in [0.25, 0.3) is 5.60 Å². The van der Waals surface area contributed by atoms with Crippen LogP contribution in [0.25, 0.3) is 0 Å². The molecule has 2 atom stereocenters. The Morgan fingerprint density at radius 3 is 2.52 bits per heavy atom. The average Bonchev–Trinajstić information content (AvgIpc) is 2.83. The Bertz CT molecular complexity index is 653. The first-order valence-electron chi connectivity index (χ1n) is 6.89. The highest BCUT2D eigenvalue weighted by Gasteiger charge is 2.56. The molecule has 0 radical (unpaired) electrons. The van der Waals surface area contributed by atoms with Crippen molar-refractivity contribution in [3.05, 3.63) is 65.7 Å². The number of para-hydroxylation sites is 1. The second-order valence-electron chi connectivity index (χ2n) is 4.86. The maximum Gasteiger partial charge on any atom is 0.358 e. The SMILES string of the molecule is CCOC(=O)C1(c2ccccc2)Oc2ccccc2C1O. The first-order chi connectivity index (χ1) is 10.2. The van der Waals surface area contributed by atoms with Crippen LogP contribution in [0.3, 0.4) is 0 Å². The molecular weight excluding hydrogens is 268 g/mol. The van der Waals surface area contributed by atoms with Crippen molar-refractivity contribution in [3.8, 4) is 5.75 Å². The zero-order valence-electron chi connectivity index (χ0n) is 11.7. The van der Waals surface area contributed by atoms with Crippen LogP contribution in [-0.2, 0) is 15.1 Å². The number of hydrogen-bond donors (Lipinski definition) is 1. The van der Waals surface area contributed by atoms with Gasteiger partial charge in [-0.3, -0.25) is 0 Å². The van der Waals surface area contributed by atoms with E-state index in [1.807, 2.05) is 6.07 Å². The zero-order chi connectivity index (χ0) is 14.9. The number of carbonyl (C=O) groups is 1. The smallest absolute Gasteiger partial charge is 0.358 e. The number of benzene rings is 2. The third kappa shape index (κ3) is 1.99. The van der Waals surface area contributed by atoms with Crippen molar-refractivity contribution in [1.29, 1.82) is 0 Å². The predicted molar refractivity (Wildman–Crippen MR) is 76.8 cm³/mol. The fourth-order valence-electron chi connectivity index (χ4n) is 2.66. The van der Waals surface area contributed by atoms with Gasteiger partial charge in [0.15, 0.2) is 0 Å². The fraction of sp³-hybridized carbons (Fsp3) is 0.235. The van der Waals surface area contributed by atoms with E-state index in [9.17, 15) is 9.90 Å². The molecule has 3 rings (SSSR count). The van der Waals surface area contributed by atoms with E-state index in [4.69, 9.17) is 9.47 Å². The molecule has 0 bridgehead atoms. The second-order valence-corrected chi connectivity index (χ2v) is 4.86. The molecule has 1 aliphatic rings. The summed E-state index contributed by atoms with van der Waals surface area (Å²) in [5.74, 6) is -0.0817. The minimum atomic E-state index is -1.54. The minimum Gasteiger partial charge on any atom is -0.467 e. The largest absolute Gasteiger partial charge is 0.467 e. The van der Waals surface area contributed by atoms with Crippen molar-refractivity contribution < 1.29 is 19.4 Å². The Morgan fingerprint density at radius 1 is 1.19 bits per heavy atom. The fourth-order valence-corrected chi connectivity index (χ4v) is 2.66. The molecule has 1 aliphatic heterocycles. The number of hydrogen-bond acceptors (Lipinski definition) is 4. The molecule has 0 saturated carbocycles. The van der Waals surface area contributed by atoms with Crippen LogP contribution in [0.15, 0.2) is 54.6 Å². The van der Waals surface area contributed by atoms with Crippen molar-refractivity contribution in [2.45, 2.75) is 18.6 Å². The summed E-state index contributed by atoms with van der Waals surface area (Å²) in [6.45, 7) is 1.95. The molecule has 0 spiro atoms. The molecule has 2 aromatic carbocycles. The molecule has 4 nitrogen and oxygen atoms in total. The summed E-state index contributed by atoms with van der Waals surface area (Å²) in [6.07, 6.45) is -1.10. The van der Waals surface area contributed by atoms with E-state index < -0.39 is 17.7 Å². The average molecular weight is 284 g/mol. The van der Waals surface area contributed by atoms with E-state index >= 15 is 0 Å². The highest BCUT2D eigenvalue weighted by molar-refractivity contribution is 5.84. The van der Waals surface area contributed by atoms with E-state index in [0.717, 1.165) is 0 Å². The summed E-state index contributed by atoms with van der Waals surface area (Å²) in [4.78, 5) is 12.5. The molecule has 108 valence electrons. The molecule has 0 aromatic heterocycles. The summed E-state index contributed by atoms with van der Waals surface area (Å²) in [7, 11) is 0. The molecule has 1 N–H and O–H groups in total. The van der Waals surface area contributed by atoms with Crippen molar-refractivity contribution >= 4 is 5.97 Å². The summed E-state index contributed by atoms with van der Waals surface area (Å²) < 4.78 is 11.0. The number of carbonyl (C=O) groups excluding carboxylic acids is 1. The quantitative estimate of drug-likeness (QED) is 0.880. The lowest BCUT2D eigenvalue weighted by molar-refractivity contribution is -0.171. The molecule has 4 heteroatoms. The maximum absolute atomic E-state index is 12.5. The summed E-state index contributed by atoms with van der Waals surface area (Å²) in [5.41, 5.74) is -0.373. The molecule has 2 unspecified atom stereocenters. The van der Waals surface area contributed by atoms with Gasteiger partial charge in [-0.25, -0.2) is 4.79 Å². The highest BCUT2D eigenvalue weighted by Crippen LogP contribution is 2.49. The van der Waals surface area contributed by atoms with E-state index in [2.05, 4.69) is 0 Å². The Labute approximate surface area is 122 Å². The lowest BCUT2D eigenvalue weighted by atomic mass is 9.86. The van der Waals surface area contributed by atoms with Crippen LogP contribution in [-0.4, -0.2) is 17.7 Å². The normalized spacial score (nSPS) is 23.2. The first kappa shape index (κ1) is 13.6. The molecule has 0 amide bonds. The predicted octanol–water partition coefficient (Wildman–Crippen LogP) is 2.57. The summed E-state index contributed by atoms with van der Waals surface area (Å²) >= 11 is 0. The van der Waals surface area contributed by atoms with Crippen LogP contribution in [0.1, 0.15) is 24.2 Å². The number of rotatable bonds is 3. The van der Waals surface area contributed by atoms with Gasteiger partial charge in [0, 0.05) is 11.1 Å². The Balaban J connectivity index is 2.14. The molecule has 2 aromatic rings. The van der Waals surface area contributed by atoms with Crippen LogP contribution in [0, 0.1) is 0 Å². The van der Waals surface area contributed by atoms with Gasteiger partial charge >= 0.3 is 5.97 Å². The lowest BCUT2D eigenvalue weighted by Crippen LogP contribution is -2.44. The number of aliphatic hydroxyl groups is 1.